The predicted octanol–water partition coefficient (Wildman–Crippen LogP) is 3.39. The van der Waals surface area contributed by atoms with Crippen molar-refractivity contribution < 1.29 is 4.74 Å². The lowest BCUT2D eigenvalue weighted by Gasteiger charge is -2.29. The first kappa shape index (κ1) is 23.7. The average Bonchev–Trinajstić information content (AvgIpc) is 3.11. The molecule has 1 N–H and O–H groups in total. The van der Waals surface area contributed by atoms with Gasteiger partial charge in [-0.1, -0.05) is 12.1 Å². The number of hydrogen-bond donors (Lipinski definition) is 1. The molecular formula is C26H30N8O2. The number of ether oxygens (including phenoxy) is 1. The van der Waals surface area contributed by atoms with Gasteiger partial charge >= 0.3 is 0 Å². The number of nitrogens with zero attached hydrogens (tertiary/aromatic N) is 7. The van der Waals surface area contributed by atoms with Gasteiger partial charge in [-0.05, 0) is 51.9 Å². The minimum absolute atomic E-state index is 0.117. The van der Waals surface area contributed by atoms with Crippen molar-refractivity contribution in [2.75, 3.05) is 25.5 Å². The van der Waals surface area contributed by atoms with Crippen molar-refractivity contribution >= 4 is 22.7 Å². The van der Waals surface area contributed by atoms with Crippen LogP contribution in [-0.2, 0) is 6.54 Å². The van der Waals surface area contributed by atoms with Gasteiger partial charge in [0.1, 0.15) is 11.5 Å². The number of anilines is 2. The zero-order valence-corrected chi connectivity index (χ0v) is 20.8. The minimum Gasteiger partial charge on any atom is -0.474 e. The third-order valence-electron chi connectivity index (χ3n) is 6.19. The highest BCUT2D eigenvalue weighted by Gasteiger charge is 2.21. The van der Waals surface area contributed by atoms with Gasteiger partial charge in [-0.25, -0.2) is 14.3 Å². The Morgan fingerprint density at radius 2 is 1.89 bits per heavy atom. The third-order valence-corrected chi connectivity index (χ3v) is 6.19. The molecule has 1 saturated heterocycles. The fraction of sp³-hybridized carbons (Fsp3) is 0.346. The van der Waals surface area contributed by atoms with E-state index >= 15 is 0 Å². The topological polar surface area (TPSA) is 103 Å². The molecule has 0 spiro atoms. The summed E-state index contributed by atoms with van der Waals surface area (Å²) >= 11 is 0. The van der Waals surface area contributed by atoms with Gasteiger partial charge < -0.3 is 15.0 Å². The van der Waals surface area contributed by atoms with Crippen LogP contribution in [0.25, 0.3) is 16.9 Å². The van der Waals surface area contributed by atoms with Crippen LogP contribution in [0.3, 0.4) is 0 Å². The van der Waals surface area contributed by atoms with Gasteiger partial charge in [-0.2, -0.15) is 9.97 Å². The van der Waals surface area contributed by atoms with Gasteiger partial charge in [0.2, 0.25) is 11.8 Å². The van der Waals surface area contributed by atoms with Crippen LogP contribution < -0.4 is 15.6 Å². The Morgan fingerprint density at radius 1 is 1.14 bits per heavy atom. The van der Waals surface area contributed by atoms with Crippen molar-refractivity contribution in [2.24, 2.45) is 0 Å². The summed E-state index contributed by atoms with van der Waals surface area (Å²) in [6.07, 6.45) is 5.23. The van der Waals surface area contributed by atoms with Crippen molar-refractivity contribution in [3.8, 4) is 11.7 Å². The Bertz CT molecular complexity index is 1450. The summed E-state index contributed by atoms with van der Waals surface area (Å²) < 4.78 is 9.46. The second-order valence-electron chi connectivity index (χ2n) is 9.14. The fourth-order valence-corrected chi connectivity index (χ4v) is 4.51. The molecule has 5 rings (SSSR count). The molecule has 36 heavy (non-hydrogen) atoms. The van der Waals surface area contributed by atoms with Gasteiger partial charge in [0.25, 0.3) is 5.56 Å². The molecule has 0 bridgehead atoms. The summed E-state index contributed by atoms with van der Waals surface area (Å²) in [6, 6.07) is 9.40. The molecule has 10 heteroatoms. The molecule has 1 aliphatic rings. The van der Waals surface area contributed by atoms with Crippen LogP contribution >= 0.6 is 0 Å². The van der Waals surface area contributed by atoms with E-state index in [0.717, 1.165) is 43.0 Å². The summed E-state index contributed by atoms with van der Waals surface area (Å²) in [4.78, 5) is 33.8. The maximum absolute atomic E-state index is 13.2. The van der Waals surface area contributed by atoms with E-state index in [1.54, 1.807) is 21.6 Å². The molecule has 186 valence electrons. The van der Waals surface area contributed by atoms with Crippen LogP contribution in [0.15, 0.2) is 54.0 Å². The fourth-order valence-electron chi connectivity index (χ4n) is 4.51. The van der Waals surface area contributed by atoms with Crippen molar-refractivity contribution in [3.05, 3.63) is 70.9 Å². The normalized spacial score (nSPS) is 14.8. The minimum atomic E-state index is -0.213. The highest BCUT2D eigenvalue weighted by atomic mass is 16.5. The molecule has 5 heterocycles. The first-order chi connectivity index (χ1) is 17.4. The Kier molecular flexibility index (Phi) is 6.51. The van der Waals surface area contributed by atoms with Crippen LogP contribution in [0, 0.1) is 13.8 Å². The molecule has 10 nitrogen and oxygen atoms in total. The van der Waals surface area contributed by atoms with Gasteiger partial charge in [-0.15, -0.1) is 6.58 Å². The number of likely N-dealkylation sites (tertiary alicyclic amines) is 1. The molecule has 1 fully saturated rings. The lowest BCUT2D eigenvalue weighted by Crippen LogP contribution is -2.35. The zero-order valence-electron chi connectivity index (χ0n) is 20.8. The first-order valence-electron chi connectivity index (χ1n) is 12.1. The van der Waals surface area contributed by atoms with Crippen molar-refractivity contribution in [1.29, 1.82) is 0 Å². The molecule has 0 unspecified atom stereocenters. The standard InChI is InChI=1S/C26H30N8O2/c1-5-11-33-25(35)21-16-27-26(29-19-14-17(2)28-18(3)15-19)31-24(21)34(33)22-7-6-8-23(30-22)36-20-9-12-32(4)13-10-20/h5-8,14-16,20H,1,9-13H2,2-4H3,(H,27,28,29,31). The van der Waals surface area contributed by atoms with E-state index in [1.807, 2.05) is 44.2 Å². The summed E-state index contributed by atoms with van der Waals surface area (Å²) in [7, 11) is 2.12. The molecule has 1 aliphatic heterocycles. The summed E-state index contributed by atoms with van der Waals surface area (Å²) in [5.74, 6) is 1.43. The highest BCUT2D eigenvalue weighted by molar-refractivity contribution is 5.77. The average molecular weight is 487 g/mol. The van der Waals surface area contributed by atoms with Crippen LogP contribution in [0.2, 0.25) is 0 Å². The number of nitrogens with one attached hydrogen (secondary N) is 1. The molecule has 0 saturated carbocycles. The molecule has 0 aromatic carbocycles. The van der Waals surface area contributed by atoms with Gasteiger partial charge in [-0.3, -0.25) is 9.78 Å². The van der Waals surface area contributed by atoms with Gasteiger partial charge in [0.15, 0.2) is 11.5 Å². The molecule has 0 atom stereocenters. The van der Waals surface area contributed by atoms with E-state index in [2.05, 4.69) is 33.8 Å². The monoisotopic (exact) mass is 486 g/mol. The Balaban J connectivity index is 1.54. The van der Waals surface area contributed by atoms with Crippen LogP contribution in [0.5, 0.6) is 5.88 Å². The number of hydrogen-bond acceptors (Lipinski definition) is 8. The Labute approximate surface area is 209 Å². The largest absolute Gasteiger partial charge is 0.474 e. The Hall–Kier alpha value is -4.05. The molecule has 0 radical (unpaired) electrons. The second-order valence-corrected chi connectivity index (χ2v) is 9.14. The SMILES string of the molecule is C=CCn1c(=O)c2cnc(Nc3cc(C)nc(C)c3)nc2n1-c1cccc(OC2CCN(C)CC2)n1. The number of fused-ring (bicyclic) bond motifs is 1. The van der Waals surface area contributed by atoms with E-state index in [0.29, 0.717) is 35.2 Å². The van der Waals surface area contributed by atoms with E-state index in [9.17, 15) is 4.79 Å². The van der Waals surface area contributed by atoms with E-state index in [1.165, 1.54) is 0 Å². The summed E-state index contributed by atoms with van der Waals surface area (Å²) in [6.45, 7) is 9.96. The molecular weight excluding hydrogens is 456 g/mol. The number of piperidine rings is 1. The number of pyridine rings is 2. The van der Waals surface area contributed by atoms with Gasteiger partial charge in [0.05, 0.1) is 6.54 Å². The maximum Gasteiger partial charge on any atom is 0.278 e. The van der Waals surface area contributed by atoms with Crippen LogP contribution in [-0.4, -0.2) is 60.4 Å². The molecule has 4 aromatic heterocycles. The second kappa shape index (κ2) is 9.90. The quantitative estimate of drug-likeness (QED) is 0.397. The van der Waals surface area contributed by atoms with Crippen molar-refractivity contribution in [3.63, 3.8) is 0 Å². The zero-order chi connectivity index (χ0) is 25.2. The Morgan fingerprint density at radius 3 is 2.61 bits per heavy atom. The molecule has 4 aromatic rings. The molecule has 0 amide bonds. The highest BCUT2D eigenvalue weighted by Crippen LogP contribution is 2.22. The number of allylic oxidation sites excluding steroid dienone is 1. The summed E-state index contributed by atoms with van der Waals surface area (Å²) in [5.41, 5.74) is 2.84. The number of rotatable bonds is 7. The first-order valence-corrected chi connectivity index (χ1v) is 12.1. The summed E-state index contributed by atoms with van der Waals surface area (Å²) in [5, 5.41) is 3.63. The number of aryl methyl sites for hydroxylation is 2. The lowest BCUT2D eigenvalue weighted by atomic mass is 10.1. The van der Waals surface area contributed by atoms with Crippen LogP contribution in [0.4, 0.5) is 11.6 Å². The van der Waals surface area contributed by atoms with Crippen LogP contribution in [0.1, 0.15) is 24.2 Å². The smallest absolute Gasteiger partial charge is 0.278 e. The molecule has 0 aliphatic carbocycles. The lowest BCUT2D eigenvalue weighted by molar-refractivity contribution is 0.110. The van der Waals surface area contributed by atoms with Crippen molar-refractivity contribution in [2.45, 2.75) is 39.3 Å². The van der Waals surface area contributed by atoms with E-state index in [-0.39, 0.29) is 11.7 Å². The third kappa shape index (κ3) is 4.85. The van der Waals surface area contributed by atoms with Crippen molar-refractivity contribution in [1.82, 2.24) is 34.2 Å². The van der Waals surface area contributed by atoms with E-state index < -0.39 is 0 Å². The van der Waals surface area contributed by atoms with Gasteiger partial charge in [0, 0.05) is 42.4 Å². The van der Waals surface area contributed by atoms with E-state index in [4.69, 9.17) is 14.7 Å². The maximum atomic E-state index is 13.2. The predicted molar refractivity (Wildman–Crippen MR) is 139 cm³/mol. The number of aromatic nitrogens is 6.